The molecule has 1 aliphatic heterocycles. The molecule has 0 saturated heterocycles. The zero-order valence-corrected chi connectivity index (χ0v) is 12.8. The highest BCUT2D eigenvalue weighted by atomic mass is 16.5. The summed E-state index contributed by atoms with van der Waals surface area (Å²) in [7, 11) is 1.37. The maximum absolute atomic E-state index is 11.6. The van der Waals surface area contributed by atoms with Crippen LogP contribution in [0.25, 0.3) is 0 Å². The van der Waals surface area contributed by atoms with E-state index in [0.29, 0.717) is 13.0 Å². The minimum atomic E-state index is -0.908. The van der Waals surface area contributed by atoms with Crippen LogP contribution in [0.4, 0.5) is 0 Å². The number of nitrogens with two attached hydrogens (primary N) is 1. The summed E-state index contributed by atoms with van der Waals surface area (Å²) in [5.74, 6) is 0.616. The molecule has 5 nitrogen and oxygen atoms in total. The molecule has 0 spiro atoms. The Balaban J connectivity index is 1.86. The molecule has 1 heterocycles. The summed E-state index contributed by atoms with van der Waals surface area (Å²) >= 11 is 0. The largest absolute Gasteiger partial charge is 0.492 e. The van der Waals surface area contributed by atoms with Gasteiger partial charge in [-0.1, -0.05) is 18.2 Å². The summed E-state index contributed by atoms with van der Waals surface area (Å²) in [6.45, 7) is 5.05. The zero-order valence-electron chi connectivity index (χ0n) is 12.8. The summed E-state index contributed by atoms with van der Waals surface area (Å²) in [6.07, 6.45) is 1.46. The van der Waals surface area contributed by atoms with Crippen molar-refractivity contribution in [1.29, 1.82) is 0 Å². The number of carbonyl (C=O) groups excluding carboxylic acids is 1. The van der Waals surface area contributed by atoms with E-state index in [4.69, 9.17) is 15.2 Å². The lowest BCUT2D eigenvalue weighted by Gasteiger charge is -2.24. The summed E-state index contributed by atoms with van der Waals surface area (Å²) in [4.78, 5) is 13.9. The molecule has 0 aromatic heterocycles. The SMILES string of the molecule is COC(=O)C(C)(N)CCCN1CCOc2ccccc2C1. The van der Waals surface area contributed by atoms with Crippen molar-refractivity contribution in [1.82, 2.24) is 4.90 Å². The monoisotopic (exact) mass is 292 g/mol. The molecule has 2 rings (SSSR count). The molecule has 5 heteroatoms. The van der Waals surface area contributed by atoms with Crippen LogP contribution in [0.2, 0.25) is 0 Å². The minimum absolute atomic E-state index is 0.355. The number of fused-ring (bicyclic) bond motifs is 1. The van der Waals surface area contributed by atoms with Gasteiger partial charge in [-0.05, 0) is 32.4 Å². The Bertz CT molecular complexity index is 488. The van der Waals surface area contributed by atoms with E-state index in [0.717, 1.165) is 31.8 Å². The summed E-state index contributed by atoms with van der Waals surface area (Å²) in [6, 6.07) is 8.12. The fraction of sp³-hybridized carbons (Fsp3) is 0.562. The van der Waals surface area contributed by atoms with Gasteiger partial charge in [-0.3, -0.25) is 9.69 Å². The number of benzene rings is 1. The standard InChI is InChI=1S/C16H24N2O3/c1-16(17,15(19)20-2)8-5-9-18-10-11-21-14-7-4-3-6-13(14)12-18/h3-4,6-7H,5,8-12,17H2,1-2H3. The van der Waals surface area contributed by atoms with Crippen molar-refractivity contribution in [3.05, 3.63) is 29.8 Å². The van der Waals surface area contributed by atoms with Crippen molar-refractivity contribution < 1.29 is 14.3 Å². The smallest absolute Gasteiger partial charge is 0.325 e. The quantitative estimate of drug-likeness (QED) is 0.834. The minimum Gasteiger partial charge on any atom is -0.492 e. The Morgan fingerprint density at radius 3 is 3.00 bits per heavy atom. The topological polar surface area (TPSA) is 64.8 Å². The van der Waals surface area contributed by atoms with Gasteiger partial charge in [0, 0.05) is 18.7 Å². The van der Waals surface area contributed by atoms with Crippen LogP contribution in [0, 0.1) is 0 Å². The Hall–Kier alpha value is -1.59. The van der Waals surface area contributed by atoms with Crippen LogP contribution in [-0.4, -0.2) is 43.2 Å². The summed E-state index contributed by atoms with van der Waals surface area (Å²) in [5, 5.41) is 0. The van der Waals surface area contributed by atoms with Gasteiger partial charge in [0.1, 0.15) is 17.9 Å². The van der Waals surface area contributed by atoms with E-state index in [-0.39, 0.29) is 5.97 Å². The number of ether oxygens (including phenoxy) is 2. The van der Waals surface area contributed by atoms with Gasteiger partial charge >= 0.3 is 5.97 Å². The number of carbonyl (C=O) groups is 1. The Kier molecular flexibility index (Phi) is 5.20. The molecule has 116 valence electrons. The number of hydrogen-bond donors (Lipinski definition) is 1. The van der Waals surface area contributed by atoms with Crippen LogP contribution in [0.15, 0.2) is 24.3 Å². The molecule has 1 aromatic carbocycles. The van der Waals surface area contributed by atoms with Crippen molar-refractivity contribution in [3.8, 4) is 5.75 Å². The molecule has 0 bridgehead atoms. The third-order valence-corrected chi connectivity index (χ3v) is 3.85. The van der Waals surface area contributed by atoms with Crippen LogP contribution < -0.4 is 10.5 Å². The van der Waals surface area contributed by atoms with Crippen LogP contribution in [0.1, 0.15) is 25.3 Å². The molecule has 0 saturated carbocycles. The molecule has 1 atom stereocenters. The lowest BCUT2D eigenvalue weighted by atomic mass is 9.97. The van der Waals surface area contributed by atoms with Gasteiger partial charge in [0.25, 0.3) is 0 Å². The Morgan fingerprint density at radius 1 is 1.48 bits per heavy atom. The fourth-order valence-corrected chi connectivity index (χ4v) is 2.58. The van der Waals surface area contributed by atoms with E-state index >= 15 is 0 Å². The van der Waals surface area contributed by atoms with E-state index in [9.17, 15) is 4.79 Å². The predicted molar refractivity (Wildman–Crippen MR) is 81.1 cm³/mol. The highest BCUT2D eigenvalue weighted by Crippen LogP contribution is 2.22. The van der Waals surface area contributed by atoms with Crippen LogP contribution in [0.3, 0.4) is 0 Å². The average molecular weight is 292 g/mol. The zero-order chi connectivity index (χ0) is 15.3. The number of rotatable bonds is 5. The maximum atomic E-state index is 11.6. The van der Waals surface area contributed by atoms with Crippen molar-refractivity contribution in [2.45, 2.75) is 31.8 Å². The molecule has 0 amide bonds. The first-order valence-corrected chi connectivity index (χ1v) is 7.33. The summed E-state index contributed by atoms with van der Waals surface area (Å²) < 4.78 is 10.5. The van der Waals surface area contributed by atoms with Crippen LogP contribution in [0.5, 0.6) is 5.75 Å². The number of nitrogens with zero attached hydrogens (tertiary/aromatic N) is 1. The first kappa shape index (κ1) is 15.8. The third kappa shape index (κ3) is 4.19. The maximum Gasteiger partial charge on any atom is 0.325 e. The highest BCUT2D eigenvalue weighted by molar-refractivity contribution is 5.79. The third-order valence-electron chi connectivity index (χ3n) is 3.85. The van der Waals surface area contributed by atoms with Gasteiger partial charge in [-0.2, -0.15) is 0 Å². The Labute approximate surface area is 126 Å². The van der Waals surface area contributed by atoms with Crippen molar-refractivity contribution in [3.63, 3.8) is 0 Å². The predicted octanol–water partition coefficient (Wildman–Crippen LogP) is 1.55. The molecule has 0 aliphatic carbocycles. The first-order valence-electron chi connectivity index (χ1n) is 7.33. The average Bonchev–Trinajstić information content (AvgIpc) is 2.67. The molecule has 1 aliphatic rings. The van der Waals surface area contributed by atoms with Crippen molar-refractivity contribution >= 4 is 5.97 Å². The van der Waals surface area contributed by atoms with E-state index in [1.54, 1.807) is 6.92 Å². The van der Waals surface area contributed by atoms with Gasteiger partial charge in [0.2, 0.25) is 0 Å². The second-order valence-electron chi connectivity index (χ2n) is 5.74. The molecular formula is C16H24N2O3. The van der Waals surface area contributed by atoms with Gasteiger partial charge in [0.15, 0.2) is 0 Å². The van der Waals surface area contributed by atoms with Gasteiger partial charge in [0.05, 0.1) is 7.11 Å². The lowest BCUT2D eigenvalue weighted by molar-refractivity contribution is -0.146. The first-order chi connectivity index (χ1) is 10.0. The van der Waals surface area contributed by atoms with E-state index in [2.05, 4.69) is 11.0 Å². The molecular weight excluding hydrogens is 268 g/mol. The second-order valence-corrected chi connectivity index (χ2v) is 5.74. The van der Waals surface area contributed by atoms with Crippen LogP contribution in [-0.2, 0) is 16.1 Å². The molecule has 2 N–H and O–H groups in total. The molecule has 1 aromatic rings. The normalized spacial score (nSPS) is 18.0. The number of para-hydroxylation sites is 1. The van der Waals surface area contributed by atoms with Gasteiger partial charge < -0.3 is 15.2 Å². The van der Waals surface area contributed by atoms with E-state index < -0.39 is 5.54 Å². The van der Waals surface area contributed by atoms with Crippen molar-refractivity contribution in [2.24, 2.45) is 5.73 Å². The lowest BCUT2D eigenvalue weighted by Crippen LogP contribution is -2.46. The van der Waals surface area contributed by atoms with E-state index in [1.165, 1.54) is 12.7 Å². The fourth-order valence-electron chi connectivity index (χ4n) is 2.58. The number of hydrogen-bond acceptors (Lipinski definition) is 5. The molecule has 1 unspecified atom stereocenters. The molecule has 21 heavy (non-hydrogen) atoms. The molecule has 0 radical (unpaired) electrons. The second kappa shape index (κ2) is 6.91. The Morgan fingerprint density at radius 2 is 2.24 bits per heavy atom. The van der Waals surface area contributed by atoms with Gasteiger partial charge in [-0.15, -0.1) is 0 Å². The summed E-state index contributed by atoms with van der Waals surface area (Å²) in [5.41, 5.74) is 6.28. The van der Waals surface area contributed by atoms with Crippen molar-refractivity contribution in [2.75, 3.05) is 26.8 Å². The van der Waals surface area contributed by atoms with Gasteiger partial charge in [-0.25, -0.2) is 0 Å². The number of esters is 1. The van der Waals surface area contributed by atoms with E-state index in [1.807, 2.05) is 18.2 Å². The highest BCUT2D eigenvalue weighted by Gasteiger charge is 2.29. The van der Waals surface area contributed by atoms with Crippen LogP contribution >= 0.6 is 0 Å². The molecule has 0 fully saturated rings. The number of methoxy groups -OCH3 is 1.